The van der Waals surface area contributed by atoms with Gasteiger partial charge in [0.2, 0.25) is 11.8 Å². The summed E-state index contributed by atoms with van der Waals surface area (Å²) in [5, 5.41) is 18.9. The number of aliphatic carboxylic acids is 1. The van der Waals surface area contributed by atoms with Gasteiger partial charge in [0, 0.05) is 35.3 Å². The van der Waals surface area contributed by atoms with Crippen LogP contribution >= 0.6 is 27.7 Å². The minimum absolute atomic E-state index is 0.0118. The van der Waals surface area contributed by atoms with Crippen molar-refractivity contribution >= 4 is 45.5 Å². The summed E-state index contributed by atoms with van der Waals surface area (Å²) in [5.74, 6) is -2.87. The topological polar surface area (TPSA) is 98.2 Å². The first-order chi connectivity index (χ1) is 14.0. The van der Waals surface area contributed by atoms with Crippen LogP contribution in [0.3, 0.4) is 0 Å². The number of nitrogens with zero attached hydrogens (tertiary/aromatic N) is 2. The van der Waals surface area contributed by atoms with E-state index in [0.717, 1.165) is 0 Å². The first-order valence-corrected chi connectivity index (χ1v) is 12.2. The van der Waals surface area contributed by atoms with E-state index in [9.17, 15) is 24.6 Å². The maximum Gasteiger partial charge on any atom is 0.308 e. The van der Waals surface area contributed by atoms with Crippen molar-refractivity contribution in [2.45, 2.75) is 66.4 Å². The number of fused-ring (bicyclic) bond motifs is 1. The van der Waals surface area contributed by atoms with Gasteiger partial charge in [0.05, 0.1) is 16.6 Å². The van der Waals surface area contributed by atoms with Gasteiger partial charge in [0.25, 0.3) is 0 Å². The Balaban J connectivity index is 2.06. The Bertz CT molecular complexity index is 741. The fraction of sp³-hybridized carbons (Fsp3) is 0.762. The highest BCUT2D eigenvalue weighted by Gasteiger charge is 2.76. The van der Waals surface area contributed by atoms with Crippen molar-refractivity contribution in [2.75, 3.05) is 19.7 Å². The molecule has 0 aromatic carbocycles. The van der Waals surface area contributed by atoms with Crippen LogP contribution < -0.4 is 0 Å². The molecule has 2 bridgehead atoms. The third-order valence-electron chi connectivity index (χ3n) is 6.50. The zero-order chi connectivity index (χ0) is 22.4. The average Bonchev–Trinajstić information content (AvgIpc) is 3.22. The third-order valence-corrected chi connectivity index (χ3v) is 9.72. The summed E-state index contributed by atoms with van der Waals surface area (Å²) in [7, 11) is 0. The molecule has 2 N–H and O–H groups in total. The first-order valence-electron chi connectivity index (χ1n) is 10.4. The predicted octanol–water partition coefficient (Wildman–Crippen LogP) is 2.12. The Morgan fingerprint density at radius 1 is 1.40 bits per heavy atom. The number of rotatable bonds is 8. The molecule has 3 rings (SSSR count). The van der Waals surface area contributed by atoms with E-state index in [1.807, 2.05) is 20.8 Å². The molecule has 3 heterocycles. The number of aliphatic hydroxyl groups excluding tert-OH is 1. The molecule has 2 amide bonds. The summed E-state index contributed by atoms with van der Waals surface area (Å²) in [5.41, 5.74) is -0.471. The predicted molar refractivity (Wildman–Crippen MR) is 120 cm³/mol. The number of alkyl halides is 1. The number of hydrogen-bond acceptors (Lipinski definition) is 5. The van der Waals surface area contributed by atoms with E-state index in [1.165, 1.54) is 11.8 Å². The lowest BCUT2D eigenvalue weighted by molar-refractivity contribution is -0.148. The van der Waals surface area contributed by atoms with Gasteiger partial charge in [-0.1, -0.05) is 22.0 Å². The number of aliphatic hydroxyl groups is 1. The summed E-state index contributed by atoms with van der Waals surface area (Å²) in [4.78, 5) is 42.9. The van der Waals surface area contributed by atoms with E-state index in [0.29, 0.717) is 32.4 Å². The Labute approximate surface area is 190 Å². The Morgan fingerprint density at radius 2 is 2.07 bits per heavy atom. The lowest BCUT2D eigenvalue weighted by Crippen LogP contribution is -2.59. The van der Waals surface area contributed by atoms with Gasteiger partial charge in [-0.2, -0.15) is 0 Å². The molecule has 3 fully saturated rings. The fourth-order valence-corrected chi connectivity index (χ4v) is 8.90. The van der Waals surface area contributed by atoms with Gasteiger partial charge in [-0.25, -0.2) is 0 Å². The summed E-state index contributed by atoms with van der Waals surface area (Å²) in [6, 6.07) is -0.715. The second-order valence-electron chi connectivity index (χ2n) is 9.37. The van der Waals surface area contributed by atoms with E-state index in [1.54, 1.807) is 15.9 Å². The number of amides is 2. The maximum absolute atomic E-state index is 13.9. The van der Waals surface area contributed by atoms with Crippen molar-refractivity contribution in [2.24, 2.45) is 11.8 Å². The molecule has 9 heteroatoms. The monoisotopic (exact) mass is 502 g/mol. The standard InChI is InChI=1S/C21H31BrN2O5S/c1-5-8-24(20(2,3)4)18(27)16-21-11-12(22)15(30-21)13(19(28)29)14(21)17(26)23(16)9-6-7-10-25/h5,12-16,25H,1,6-11H2,2-4H3,(H,28,29)/t12?,13-,14-,15-,16?,21?/m0/s1. The van der Waals surface area contributed by atoms with Gasteiger partial charge >= 0.3 is 5.97 Å². The highest BCUT2D eigenvalue weighted by Crippen LogP contribution is 2.67. The third kappa shape index (κ3) is 3.60. The number of halogens is 1. The van der Waals surface area contributed by atoms with Crippen LogP contribution in [0.25, 0.3) is 0 Å². The highest BCUT2D eigenvalue weighted by atomic mass is 79.9. The van der Waals surface area contributed by atoms with E-state index in [2.05, 4.69) is 22.5 Å². The summed E-state index contributed by atoms with van der Waals surface area (Å²) in [6.07, 6.45) is 3.35. The van der Waals surface area contributed by atoms with E-state index in [4.69, 9.17) is 0 Å². The highest BCUT2D eigenvalue weighted by molar-refractivity contribution is 9.09. The van der Waals surface area contributed by atoms with Gasteiger partial charge in [0.1, 0.15) is 6.04 Å². The first kappa shape index (κ1) is 23.6. The Morgan fingerprint density at radius 3 is 2.60 bits per heavy atom. The number of carbonyl (C=O) groups excluding carboxylic acids is 2. The summed E-state index contributed by atoms with van der Waals surface area (Å²) < 4.78 is -0.750. The SMILES string of the molecule is C=CCN(C(=O)C1N(CCCCO)C(=O)[C@@H]2[C@H](C(=O)O)[C@H]3SC12CC3Br)C(C)(C)C. The molecule has 3 saturated heterocycles. The Hall–Kier alpha value is -1.06. The summed E-state index contributed by atoms with van der Waals surface area (Å²) >= 11 is 5.15. The molecule has 30 heavy (non-hydrogen) atoms. The van der Waals surface area contributed by atoms with Gasteiger partial charge in [0.15, 0.2) is 0 Å². The molecule has 0 saturated carbocycles. The molecule has 7 nitrogen and oxygen atoms in total. The van der Waals surface area contributed by atoms with Crippen molar-refractivity contribution < 1.29 is 24.6 Å². The average molecular weight is 503 g/mol. The van der Waals surface area contributed by atoms with E-state index >= 15 is 0 Å². The Kier molecular flexibility index (Phi) is 6.66. The molecule has 1 spiro atoms. The van der Waals surface area contributed by atoms with Crippen molar-refractivity contribution in [1.29, 1.82) is 0 Å². The van der Waals surface area contributed by atoms with Crippen molar-refractivity contribution in [1.82, 2.24) is 9.80 Å². The van der Waals surface area contributed by atoms with Gasteiger partial charge < -0.3 is 20.0 Å². The van der Waals surface area contributed by atoms with Crippen LogP contribution in [-0.4, -0.2) is 83.9 Å². The molecule has 0 aromatic rings. The smallest absolute Gasteiger partial charge is 0.308 e. The number of carboxylic acids is 1. The molecule has 0 aliphatic carbocycles. The van der Waals surface area contributed by atoms with Gasteiger partial charge in [-0.15, -0.1) is 18.3 Å². The molecule has 0 radical (unpaired) electrons. The number of unbranched alkanes of at least 4 members (excludes halogenated alkanes) is 1. The van der Waals surface area contributed by atoms with Crippen LogP contribution in [0.1, 0.15) is 40.0 Å². The lowest BCUT2D eigenvalue weighted by Gasteiger charge is -2.42. The second kappa shape index (κ2) is 8.47. The lowest BCUT2D eigenvalue weighted by atomic mass is 9.71. The molecule has 3 aliphatic heterocycles. The molecule has 3 unspecified atom stereocenters. The quantitative estimate of drug-likeness (QED) is 0.299. The van der Waals surface area contributed by atoms with Crippen molar-refractivity contribution in [3.05, 3.63) is 12.7 Å². The number of hydrogen-bond donors (Lipinski definition) is 2. The van der Waals surface area contributed by atoms with Crippen LogP contribution in [-0.2, 0) is 14.4 Å². The molecule has 168 valence electrons. The van der Waals surface area contributed by atoms with Crippen LogP contribution in [0.4, 0.5) is 0 Å². The van der Waals surface area contributed by atoms with Crippen LogP contribution in [0, 0.1) is 11.8 Å². The molecular formula is C21H31BrN2O5S. The van der Waals surface area contributed by atoms with Crippen molar-refractivity contribution in [3.8, 4) is 0 Å². The number of thioether (sulfide) groups is 1. The minimum Gasteiger partial charge on any atom is -0.481 e. The zero-order valence-corrected chi connectivity index (χ0v) is 20.1. The largest absolute Gasteiger partial charge is 0.481 e. The fourth-order valence-electron chi connectivity index (χ4n) is 5.30. The number of carboxylic acid groups (broad SMARTS) is 1. The molecule has 0 aromatic heterocycles. The number of carbonyl (C=O) groups is 3. The number of likely N-dealkylation sites (tertiary alicyclic amines) is 1. The maximum atomic E-state index is 13.9. The van der Waals surface area contributed by atoms with Gasteiger partial charge in [-0.05, 0) is 40.0 Å². The van der Waals surface area contributed by atoms with Crippen molar-refractivity contribution in [3.63, 3.8) is 0 Å². The minimum atomic E-state index is -0.973. The van der Waals surface area contributed by atoms with E-state index in [-0.39, 0.29) is 28.5 Å². The summed E-state index contributed by atoms with van der Waals surface area (Å²) in [6.45, 7) is 10.3. The van der Waals surface area contributed by atoms with Gasteiger partial charge in [-0.3, -0.25) is 14.4 Å². The molecule has 3 aliphatic rings. The van der Waals surface area contributed by atoms with E-state index < -0.39 is 34.1 Å². The zero-order valence-electron chi connectivity index (χ0n) is 17.7. The van der Waals surface area contributed by atoms with Crippen LogP contribution in [0.5, 0.6) is 0 Å². The molecular weight excluding hydrogens is 472 g/mol. The van der Waals surface area contributed by atoms with Crippen LogP contribution in [0.15, 0.2) is 12.7 Å². The van der Waals surface area contributed by atoms with Crippen LogP contribution in [0.2, 0.25) is 0 Å². The molecule has 6 atom stereocenters. The second-order valence-corrected chi connectivity index (χ2v) is 12.1. The normalized spacial score (nSPS) is 34.9.